The summed E-state index contributed by atoms with van der Waals surface area (Å²) in [5.41, 5.74) is 9.85. The van der Waals surface area contributed by atoms with Crippen molar-refractivity contribution >= 4 is 34.8 Å². The van der Waals surface area contributed by atoms with Crippen molar-refractivity contribution in [2.75, 3.05) is 30.9 Å². The summed E-state index contributed by atoms with van der Waals surface area (Å²) in [6, 6.07) is 9.22. The normalized spacial score (nSPS) is 20.0. The first kappa shape index (κ1) is 25.5. The summed E-state index contributed by atoms with van der Waals surface area (Å²) >= 11 is 0. The zero-order chi connectivity index (χ0) is 26.9. The number of rotatable bonds is 8. The number of aryl methyl sites for hydroxylation is 1. The molecular weight excluding hydrogens is 501 g/mol. The van der Waals surface area contributed by atoms with E-state index in [1.807, 2.05) is 31.2 Å². The van der Waals surface area contributed by atoms with Gasteiger partial charge in [0.15, 0.2) is 0 Å². The quantitative estimate of drug-likeness (QED) is 0.264. The predicted molar refractivity (Wildman–Crippen MR) is 136 cm³/mol. The Hall–Kier alpha value is -4.13. The van der Waals surface area contributed by atoms with Crippen LogP contribution in [0, 0.1) is 18.8 Å². The third-order valence-corrected chi connectivity index (χ3v) is 6.65. The molecule has 2 aliphatic rings. The van der Waals surface area contributed by atoms with Crippen LogP contribution >= 0.6 is 0 Å². The molecule has 1 aromatic carbocycles. The van der Waals surface area contributed by atoms with E-state index >= 15 is 0 Å². The van der Waals surface area contributed by atoms with Crippen LogP contribution in [-0.4, -0.2) is 58.8 Å². The maximum absolute atomic E-state index is 13.2. The number of alkyl halides is 3. The van der Waals surface area contributed by atoms with Gasteiger partial charge in [0.1, 0.15) is 6.21 Å². The van der Waals surface area contributed by atoms with Crippen LogP contribution in [0.4, 0.5) is 24.5 Å². The highest BCUT2D eigenvalue weighted by Crippen LogP contribution is 2.43. The standard InChI is InChI=1S/C25H27F3N8O2/c1-15-3-4-17(23-32-34-36(33-23)14-16-9-18(10-16)25(26,27)28)11-21(15)31-24(37)20-13-30-35-7-5-19(12-22(20)35)29-6-8-38-2/h3-5,7,11-14,16,18,34H,6,8-10H2,1-2H3,(H2-,29,30,31,32,33,37)/p+1/b36-14+. The van der Waals surface area contributed by atoms with Crippen molar-refractivity contribution in [2.45, 2.75) is 25.9 Å². The number of benzene rings is 1. The second-order valence-corrected chi connectivity index (χ2v) is 9.37. The van der Waals surface area contributed by atoms with E-state index in [9.17, 15) is 18.0 Å². The van der Waals surface area contributed by atoms with E-state index < -0.39 is 12.1 Å². The number of carbonyl (C=O) groups is 1. The first-order chi connectivity index (χ1) is 18.2. The molecule has 10 nitrogen and oxygen atoms in total. The number of methoxy groups -OCH3 is 1. The lowest BCUT2D eigenvalue weighted by Crippen LogP contribution is -2.41. The topological polar surface area (TPSA) is 107 Å². The maximum atomic E-state index is 13.2. The SMILES string of the molecule is COCCNc1ccn2ncc(C(=O)Nc3cc(C4=NN/[N+](=C/C5CC(C(F)(F)F)C5)N4)ccc3C)c2c1. The molecule has 0 saturated heterocycles. The molecule has 5 rings (SSSR count). The van der Waals surface area contributed by atoms with Gasteiger partial charge in [-0.2, -0.15) is 23.7 Å². The fourth-order valence-electron chi connectivity index (χ4n) is 4.39. The van der Waals surface area contributed by atoms with E-state index in [-0.39, 0.29) is 24.7 Å². The molecule has 0 atom stereocenters. The number of halogens is 3. The summed E-state index contributed by atoms with van der Waals surface area (Å²) in [6.07, 6.45) is 0.945. The van der Waals surface area contributed by atoms with Gasteiger partial charge in [0.2, 0.25) is 0 Å². The van der Waals surface area contributed by atoms with E-state index in [0.717, 1.165) is 11.3 Å². The monoisotopic (exact) mass is 529 g/mol. The number of fused-ring (bicyclic) bond motifs is 1. The Balaban J connectivity index is 1.26. The number of carbonyl (C=O) groups excluding carboxylic acids is 1. The second-order valence-electron chi connectivity index (χ2n) is 9.37. The number of aromatic nitrogens is 2. The Morgan fingerprint density at radius 2 is 2.11 bits per heavy atom. The molecule has 3 heterocycles. The number of nitrogens with one attached hydrogen (secondary N) is 4. The predicted octanol–water partition coefficient (Wildman–Crippen LogP) is 3.31. The van der Waals surface area contributed by atoms with Crippen molar-refractivity contribution in [3.8, 4) is 0 Å². The Labute approximate surface area is 216 Å². The summed E-state index contributed by atoms with van der Waals surface area (Å²) in [7, 11) is 1.63. The van der Waals surface area contributed by atoms with Crippen LogP contribution < -0.4 is 21.6 Å². The number of amidine groups is 1. The van der Waals surface area contributed by atoms with Crippen molar-refractivity contribution < 1.29 is 27.5 Å². The van der Waals surface area contributed by atoms with Crippen LogP contribution in [0.15, 0.2) is 47.8 Å². The lowest BCUT2D eigenvalue weighted by atomic mass is 9.75. The second kappa shape index (κ2) is 10.3. The molecule has 13 heteroatoms. The van der Waals surface area contributed by atoms with Crippen LogP contribution in [0.25, 0.3) is 5.52 Å². The summed E-state index contributed by atoms with van der Waals surface area (Å²) in [6.45, 7) is 3.06. The number of anilines is 2. The average Bonchev–Trinajstić information content (AvgIpc) is 3.49. The minimum Gasteiger partial charge on any atom is -0.383 e. The molecular formula is C25H28F3N8O2+. The van der Waals surface area contributed by atoms with Gasteiger partial charge in [0.05, 0.1) is 40.5 Å². The molecule has 38 heavy (non-hydrogen) atoms. The zero-order valence-electron chi connectivity index (χ0n) is 20.8. The summed E-state index contributed by atoms with van der Waals surface area (Å²) in [5.74, 6) is -1.27. The largest absolute Gasteiger partial charge is 0.391 e. The van der Waals surface area contributed by atoms with Gasteiger partial charge in [-0.25, -0.2) is 4.52 Å². The number of hydrazine groups is 2. The van der Waals surface area contributed by atoms with E-state index in [4.69, 9.17) is 4.74 Å². The van der Waals surface area contributed by atoms with Gasteiger partial charge in [-0.15, -0.1) is 0 Å². The molecule has 2 aromatic heterocycles. The molecule has 0 unspecified atom stereocenters. The highest BCUT2D eigenvalue weighted by molar-refractivity contribution is 6.10. The van der Waals surface area contributed by atoms with E-state index in [1.54, 1.807) is 30.1 Å². The van der Waals surface area contributed by atoms with E-state index in [1.165, 1.54) is 11.0 Å². The smallest absolute Gasteiger partial charge is 0.383 e. The Morgan fingerprint density at radius 1 is 1.29 bits per heavy atom. The number of amides is 1. The van der Waals surface area contributed by atoms with Gasteiger partial charge in [-0.05, 0) is 55.1 Å². The Bertz CT molecular complexity index is 1410. The number of nitrogens with zero attached hydrogens (tertiary/aromatic N) is 4. The first-order valence-electron chi connectivity index (χ1n) is 12.1. The van der Waals surface area contributed by atoms with Crippen LogP contribution in [0.2, 0.25) is 0 Å². The average molecular weight is 530 g/mol. The van der Waals surface area contributed by atoms with Crippen molar-refractivity contribution in [1.29, 1.82) is 0 Å². The molecule has 1 aliphatic carbocycles. The van der Waals surface area contributed by atoms with Gasteiger partial charge < -0.3 is 15.4 Å². The van der Waals surface area contributed by atoms with Crippen molar-refractivity contribution in [2.24, 2.45) is 16.9 Å². The molecule has 1 fully saturated rings. The number of hydrogen-bond acceptors (Lipinski definition) is 7. The third kappa shape index (κ3) is 5.42. The zero-order valence-corrected chi connectivity index (χ0v) is 20.8. The Morgan fingerprint density at radius 3 is 2.87 bits per heavy atom. The molecule has 1 saturated carbocycles. The molecule has 0 spiro atoms. The fourth-order valence-corrected chi connectivity index (χ4v) is 4.39. The third-order valence-electron chi connectivity index (χ3n) is 6.65. The summed E-state index contributed by atoms with van der Waals surface area (Å²) in [5, 5.41) is 14.7. The van der Waals surface area contributed by atoms with Gasteiger partial charge >= 0.3 is 12.0 Å². The van der Waals surface area contributed by atoms with Crippen LogP contribution in [-0.2, 0) is 4.74 Å². The molecule has 0 bridgehead atoms. The molecule has 3 aromatic rings. The minimum atomic E-state index is -4.15. The molecule has 4 N–H and O–H groups in total. The highest BCUT2D eigenvalue weighted by Gasteiger charge is 2.48. The van der Waals surface area contributed by atoms with Crippen molar-refractivity contribution in [1.82, 2.24) is 20.6 Å². The highest BCUT2D eigenvalue weighted by atomic mass is 19.4. The van der Waals surface area contributed by atoms with Gasteiger partial charge in [0.25, 0.3) is 5.91 Å². The van der Waals surface area contributed by atoms with E-state index in [0.29, 0.717) is 41.3 Å². The maximum Gasteiger partial charge on any atom is 0.391 e. The van der Waals surface area contributed by atoms with Gasteiger partial charge in [-0.3, -0.25) is 4.79 Å². The molecule has 0 radical (unpaired) electrons. The summed E-state index contributed by atoms with van der Waals surface area (Å²) < 4.78 is 44.9. The van der Waals surface area contributed by atoms with Gasteiger partial charge in [-0.1, -0.05) is 10.9 Å². The number of hydrazone groups is 3. The van der Waals surface area contributed by atoms with E-state index in [2.05, 4.69) is 31.8 Å². The number of ether oxygens (including phenoxy) is 1. The van der Waals surface area contributed by atoms with Crippen molar-refractivity contribution in [3.63, 3.8) is 0 Å². The first-order valence-corrected chi connectivity index (χ1v) is 12.1. The molecule has 200 valence electrons. The molecule has 1 amide bonds. The van der Waals surface area contributed by atoms with Crippen molar-refractivity contribution in [3.05, 3.63) is 59.4 Å². The molecule has 1 aliphatic heterocycles. The van der Waals surface area contributed by atoms with Crippen LogP contribution in [0.5, 0.6) is 0 Å². The van der Waals surface area contributed by atoms with Crippen LogP contribution in [0.1, 0.15) is 34.3 Å². The van der Waals surface area contributed by atoms with Gasteiger partial charge in [0, 0.05) is 37.1 Å². The Kier molecular flexibility index (Phi) is 6.93. The fraction of sp³-hybridized carbons (Fsp3) is 0.360. The van der Waals surface area contributed by atoms with Crippen LogP contribution in [0.3, 0.4) is 0 Å². The number of pyridine rings is 1. The summed E-state index contributed by atoms with van der Waals surface area (Å²) in [4.78, 5) is 14.7. The number of hydrogen-bond donors (Lipinski definition) is 4. The lowest BCUT2D eigenvalue weighted by Gasteiger charge is -2.33. The minimum absolute atomic E-state index is 0.0632. The lowest BCUT2D eigenvalue weighted by molar-refractivity contribution is -0.615.